The van der Waals surface area contributed by atoms with Gasteiger partial charge in [-0.3, -0.25) is 0 Å². The minimum absolute atomic E-state index is 0.492. The summed E-state index contributed by atoms with van der Waals surface area (Å²) in [6, 6.07) is 0. The number of hydrogen-bond donors (Lipinski definition) is 1. The van der Waals surface area contributed by atoms with Gasteiger partial charge in [0.2, 0.25) is 0 Å². The van der Waals surface area contributed by atoms with Gasteiger partial charge in [0.25, 0.3) is 0 Å². The number of hydrogen-bond acceptors (Lipinski definition) is 1. The SMILES string of the molecule is CC(C)CC1C2=CCC3C(C)(CCC4C(C)C(C)CCC43C)C2CCC1(C)C.CO. The molecule has 3 saturated carbocycles. The molecule has 0 spiro atoms. The van der Waals surface area contributed by atoms with Gasteiger partial charge in [-0.15, -0.1) is 0 Å². The van der Waals surface area contributed by atoms with E-state index < -0.39 is 0 Å². The second-order valence-electron chi connectivity index (χ2n) is 13.3. The normalized spacial score (nSPS) is 47.2. The Labute approximate surface area is 188 Å². The second-order valence-corrected chi connectivity index (χ2v) is 13.3. The molecular formula is C29H52O. The van der Waals surface area contributed by atoms with Crippen LogP contribution in [0.3, 0.4) is 0 Å². The molecule has 8 atom stereocenters. The van der Waals surface area contributed by atoms with Gasteiger partial charge in [-0.25, -0.2) is 0 Å². The molecule has 0 radical (unpaired) electrons. The van der Waals surface area contributed by atoms with Crippen LogP contribution in [0.25, 0.3) is 0 Å². The maximum Gasteiger partial charge on any atom is 0.0319 e. The van der Waals surface area contributed by atoms with Crippen LogP contribution >= 0.6 is 0 Å². The summed E-state index contributed by atoms with van der Waals surface area (Å²) < 4.78 is 0. The third-order valence-corrected chi connectivity index (χ3v) is 11.0. The lowest BCUT2D eigenvalue weighted by atomic mass is 9.39. The molecule has 3 fully saturated rings. The van der Waals surface area contributed by atoms with Crippen LogP contribution < -0.4 is 0 Å². The van der Waals surface area contributed by atoms with Crippen molar-refractivity contribution in [2.24, 2.45) is 57.7 Å². The van der Waals surface area contributed by atoms with Gasteiger partial charge >= 0.3 is 0 Å². The summed E-state index contributed by atoms with van der Waals surface area (Å²) in [4.78, 5) is 0. The van der Waals surface area contributed by atoms with Gasteiger partial charge in [-0.2, -0.15) is 0 Å². The monoisotopic (exact) mass is 416 g/mol. The topological polar surface area (TPSA) is 20.2 Å². The minimum Gasteiger partial charge on any atom is -0.400 e. The molecule has 4 aliphatic carbocycles. The van der Waals surface area contributed by atoms with Crippen molar-refractivity contribution in [3.63, 3.8) is 0 Å². The summed E-state index contributed by atoms with van der Waals surface area (Å²) in [5.41, 5.74) is 3.54. The molecule has 8 unspecified atom stereocenters. The van der Waals surface area contributed by atoms with E-state index in [1.54, 1.807) is 0 Å². The predicted octanol–water partition coefficient (Wildman–Crippen LogP) is 8.13. The zero-order valence-electron chi connectivity index (χ0n) is 21.7. The molecule has 0 aromatic rings. The van der Waals surface area contributed by atoms with Crippen molar-refractivity contribution in [3.8, 4) is 0 Å². The van der Waals surface area contributed by atoms with Gasteiger partial charge in [-0.05, 0) is 109 Å². The van der Waals surface area contributed by atoms with Crippen molar-refractivity contribution in [1.29, 1.82) is 0 Å². The zero-order valence-corrected chi connectivity index (χ0v) is 21.7. The van der Waals surface area contributed by atoms with E-state index in [2.05, 4.69) is 61.5 Å². The average molecular weight is 417 g/mol. The maximum absolute atomic E-state index is 7.00. The minimum atomic E-state index is 0.492. The third kappa shape index (κ3) is 3.74. The lowest BCUT2D eigenvalue weighted by molar-refractivity contribution is -0.140. The van der Waals surface area contributed by atoms with Crippen molar-refractivity contribution < 1.29 is 5.11 Å². The van der Waals surface area contributed by atoms with Crippen molar-refractivity contribution in [3.05, 3.63) is 11.6 Å². The van der Waals surface area contributed by atoms with Crippen LogP contribution in [0.2, 0.25) is 0 Å². The fourth-order valence-electron chi connectivity index (χ4n) is 9.09. The molecule has 0 heterocycles. The predicted molar refractivity (Wildman–Crippen MR) is 130 cm³/mol. The molecular weight excluding hydrogens is 364 g/mol. The fraction of sp³-hybridized carbons (Fsp3) is 0.931. The van der Waals surface area contributed by atoms with E-state index in [1.807, 2.05) is 5.57 Å². The van der Waals surface area contributed by atoms with Crippen molar-refractivity contribution in [2.45, 2.75) is 107 Å². The Hall–Kier alpha value is -0.300. The molecule has 0 aromatic heterocycles. The largest absolute Gasteiger partial charge is 0.400 e. The van der Waals surface area contributed by atoms with E-state index >= 15 is 0 Å². The maximum atomic E-state index is 7.00. The molecule has 174 valence electrons. The van der Waals surface area contributed by atoms with Crippen molar-refractivity contribution in [1.82, 2.24) is 0 Å². The fourth-order valence-corrected chi connectivity index (χ4v) is 9.09. The summed E-state index contributed by atoms with van der Waals surface area (Å²) in [5, 5.41) is 7.00. The first kappa shape index (κ1) is 24.3. The van der Waals surface area contributed by atoms with Crippen LogP contribution in [0.15, 0.2) is 11.6 Å². The van der Waals surface area contributed by atoms with Crippen LogP contribution in [0.1, 0.15) is 107 Å². The summed E-state index contributed by atoms with van der Waals surface area (Å²) in [6.07, 6.45) is 14.4. The van der Waals surface area contributed by atoms with Crippen LogP contribution in [-0.4, -0.2) is 12.2 Å². The van der Waals surface area contributed by atoms with Gasteiger partial charge in [0.1, 0.15) is 0 Å². The number of aliphatic hydroxyl groups excluding tert-OH is 1. The first-order valence-electron chi connectivity index (χ1n) is 13.2. The summed E-state index contributed by atoms with van der Waals surface area (Å²) in [5.74, 6) is 6.24. The standard InChI is InChI=1S/C28H48.CH4O/c1-18(2)17-24-21-9-10-25-27(7)15-11-19(3)20(4)22(27)13-16-28(25,8)23(21)12-14-26(24,5)6;1-2/h9,18-20,22-25H,10-17H2,1-8H3;2H,1H3. The Bertz CT molecular complexity index is 630. The van der Waals surface area contributed by atoms with E-state index in [1.165, 1.54) is 51.4 Å². The lowest BCUT2D eigenvalue weighted by Gasteiger charge is -2.66. The molecule has 4 rings (SSSR count). The van der Waals surface area contributed by atoms with E-state index in [9.17, 15) is 0 Å². The van der Waals surface area contributed by atoms with Crippen LogP contribution in [0.4, 0.5) is 0 Å². The Morgan fingerprint density at radius 3 is 2.20 bits per heavy atom. The second kappa shape index (κ2) is 8.57. The number of rotatable bonds is 2. The quantitative estimate of drug-likeness (QED) is 0.450. The summed E-state index contributed by atoms with van der Waals surface area (Å²) in [6.45, 7) is 20.6. The molecule has 0 aliphatic heterocycles. The lowest BCUT2D eigenvalue weighted by Crippen LogP contribution is -2.58. The Morgan fingerprint density at radius 2 is 1.57 bits per heavy atom. The van der Waals surface area contributed by atoms with Gasteiger partial charge in [0, 0.05) is 7.11 Å². The van der Waals surface area contributed by atoms with Gasteiger partial charge < -0.3 is 5.11 Å². The zero-order chi connectivity index (χ0) is 22.5. The Kier molecular flexibility index (Phi) is 6.95. The first-order valence-corrected chi connectivity index (χ1v) is 13.2. The molecule has 0 amide bonds. The van der Waals surface area contributed by atoms with Gasteiger partial charge in [-0.1, -0.05) is 67.0 Å². The van der Waals surface area contributed by atoms with E-state index in [4.69, 9.17) is 5.11 Å². The van der Waals surface area contributed by atoms with E-state index in [0.29, 0.717) is 16.2 Å². The Balaban J connectivity index is 0.00000124. The van der Waals surface area contributed by atoms with Gasteiger partial charge in [0.05, 0.1) is 0 Å². The molecule has 1 nitrogen and oxygen atoms in total. The highest BCUT2D eigenvalue weighted by atomic mass is 16.2. The summed E-state index contributed by atoms with van der Waals surface area (Å²) in [7, 11) is 1.00. The van der Waals surface area contributed by atoms with Gasteiger partial charge in [0.15, 0.2) is 0 Å². The highest BCUT2D eigenvalue weighted by Crippen LogP contribution is 2.69. The first-order chi connectivity index (χ1) is 14.0. The molecule has 30 heavy (non-hydrogen) atoms. The van der Waals surface area contributed by atoms with Crippen LogP contribution in [0, 0.1) is 57.7 Å². The third-order valence-electron chi connectivity index (χ3n) is 11.0. The summed E-state index contributed by atoms with van der Waals surface area (Å²) >= 11 is 0. The smallest absolute Gasteiger partial charge is 0.0319 e. The van der Waals surface area contributed by atoms with Crippen molar-refractivity contribution >= 4 is 0 Å². The Morgan fingerprint density at radius 1 is 0.933 bits per heavy atom. The molecule has 0 bridgehead atoms. The molecule has 1 N–H and O–H groups in total. The molecule has 0 saturated heterocycles. The van der Waals surface area contributed by atoms with Crippen molar-refractivity contribution in [2.75, 3.05) is 7.11 Å². The molecule has 0 aromatic carbocycles. The molecule has 1 heteroatoms. The highest BCUT2D eigenvalue weighted by Gasteiger charge is 2.61. The molecule has 4 aliphatic rings. The highest BCUT2D eigenvalue weighted by molar-refractivity contribution is 5.27. The average Bonchev–Trinajstić information content (AvgIpc) is 2.68. The van der Waals surface area contributed by atoms with Crippen LogP contribution in [0.5, 0.6) is 0 Å². The van der Waals surface area contributed by atoms with Crippen LogP contribution in [-0.2, 0) is 0 Å². The number of fused-ring (bicyclic) bond motifs is 5. The number of allylic oxidation sites excluding steroid dienone is 2. The van der Waals surface area contributed by atoms with E-state index in [-0.39, 0.29) is 0 Å². The van der Waals surface area contributed by atoms with E-state index in [0.717, 1.165) is 48.5 Å². The number of aliphatic hydroxyl groups is 1.